The zero-order valence-electron chi connectivity index (χ0n) is 17.5. The number of nitro benzene ring substituents is 1. The minimum atomic E-state index is -0.434. The molecular weight excluding hydrogens is 382 g/mol. The number of ketones is 1. The Morgan fingerprint density at radius 2 is 1.83 bits per heavy atom. The maximum Gasteiger partial charge on any atom is 0.293 e. The molecule has 0 saturated carbocycles. The topological polar surface area (TPSA) is 84.7 Å². The highest BCUT2D eigenvalue weighted by molar-refractivity contribution is 6.09. The van der Waals surface area contributed by atoms with Gasteiger partial charge in [-0.3, -0.25) is 19.8 Å². The average Bonchev–Trinajstić information content (AvgIpc) is 2.77. The predicted octanol–water partition coefficient (Wildman–Crippen LogP) is 3.98. The molecule has 1 N–H and O–H groups in total. The van der Waals surface area contributed by atoms with Crippen molar-refractivity contribution in [3.05, 3.63) is 69.8 Å². The van der Waals surface area contributed by atoms with E-state index in [0.717, 1.165) is 19.5 Å². The molecule has 1 saturated heterocycles. The van der Waals surface area contributed by atoms with E-state index in [4.69, 9.17) is 4.74 Å². The summed E-state index contributed by atoms with van der Waals surface area (Å²) in [5.41, 5.74) is 1.18. The Morgan fingerprint density at radius 1 is 1.13 bits per heavy atom. The van der Waals surface area contributed by atoms with Gasteiger partial charge in [0.2, 0.25) is 0 Å². The van der Waals surface area contributed by atoms with Gasteiger partial charge in [-0.2, -0.15) is 0 Å². The van der Waals surface area contributed by atoms with Gasteiger partial charge in [0.05, 0.1) is 18.1 Å². The third-order valence-corrected chi connectivity index (χ3v) is 5.33. The van der Waals surface area contributed by atoms with Crippen molar-refractivity contribution in [2.45, 2.75) is 26.3 Å². The average molecular weight is 412 g/mol. The zero-order valence-corrected chi connectivity index (χ0v) is 17.5. The first-order chi connectivity index (χ1) is 14.5. The van der Waals surface area contributed by atoms with E-state index in [-0.39, 0.29) is 17.5 Å². The summed E-state index contributed by atoms with van der Waals surface area (Å²) in [6.45, 7) is 8.12. The standard InChI is InChI=1S/C23H29N3O4/c1-17(2)14-20(25-10-12-30-13-11-25)16-24-21-9-8-19(15-22(21)26(28)29)23(27)18-6-4-3-5-7-18/h3-9,15,17,20,24H,10-14,16H2,1-2H3. The Labute approximate surface area is 177 Å². The number of carbonyl (C=O) groups excluding carboxylic acids is 1. The molecule has 0 bridgehead atoms. The summed E-state index contributed by atoms with van der Waals surface area (Å²) in [6.07, 6.45) is 0.991. The zero-order chi connectivity index (χ0) is 21.5. The molecule has 0 aliphatic carbocycles. The fraction of sp³-hybridized carbons (Fsp3) is 0.435. The van der Waals surface area contributed by atoms with Gasteiger partial charge < -0.3 is 10.1 Å². The van der Waals surface area contributed by atoms with Gasteiger partial charge in [-0.05, 0) is 24.5 Å². The van der Waals surface area contributed by atoms with Crippen LogP contribution >= 0.6 is 0 Å². The van der Waals surface area contributed by atoms with Gasteiger partial charge in [-0.25, -0.2) is 0 Å². The lowest BCUT2D eigenvalue weighted by Gasteiger charge is -2.35. The van der Waals surface area contributed by atoms with Crippen LogP contribution in [0, 0.1) is 16.0 Å². The van der Waals surface area contributed by atoms with Gasteiger partial charge in [0.1, 0.15) is 5.69 Å². The van der Waals surface area contributed by atoms with Crippen molar-refractivity contribution in [1.29, 1.82) is 0 Å². The number of carbonyl (C=O) groups is 1. The number of nitrogens with zero attached hydrogens (tertiary/aromatic N) is 2. The van der Waals surface area contributed by atoms with Crippen LogP contribution in [0.4, 0.5) is 11.4 Å². The summed E-state index contributed by atoms with van der Waals surface area (Å²) in [6, 6.07) is 13.7. The maximum absolute atomic E-state index is 12.7. The lowest BCUT2D eigenvalue weighted by Crippen LogP contribution is -2.47. The minimum absolute atomic E-state index is 0.0814. The summed E-state index contributed by atoms with van der Waals surface area (Å²) >= 11 is 0. The minimum Gasteiger partial charge on any atom is -0.379 e. The maximum atomic E-state index is 12.7. The predicted molar refractivity (Wildman–Crippen MR) is 117 cm³/mol. The van der Waals surface area contributed by atoms with E-state index in [1.807, 2.05) is 6.07 Å². The second-order valence-electron chi connectivity index (χ2n) is 8.00. The van der Waals surface area contributed by atoms with Crippen molar-refractivity contribution in [1.82, 2.24) is 4.90 Å². The molecule has 0 aromatic heterocycles. The number of rotatable bonds is 9. The first-order valence-corrected chi connectivity index (χ1v) is 10.4. The van der Waals surface area contributed by atoms with E-state index < -0.39 is 4.92 Å². The van der Waals surface area contributed by atoms with Gasteiger partial charge in [0.15, 0.2) is 5.78 Å². The third-order valence-electron chi connectivity index (χ3n) is 5.33. The fourth-order valence-corrected chi connectivity index (χ4v) is 3.81. The van der Waals surface area contributed by atoms with Crippen LogP contribution in [0.1, 0.15) is 36.2 Å². The lowest BCUT2D eigenvalue weighted by atomic mass is 10.0. The molecule has 2 aromatic carbocycles. The van der Waals surface area contributed by atoms with Crippen LogP contribution in [-0.2, 0) is 4.74 Å². The first kappa shape index (κ1) is 21.9. The summed E-state index contributed by atoms with van der Waals surface area (Å²) in [5.74, 6) is 0.289. The first-order valence-electron chi connectivity index (χ1n) is 10.4. The molecule has 30 heavy (non-hydrogen) atoms. The van der Waals surface area contributed by atoms with Crippen molar-refractivity contribution in [3.63, 3.8) is 0 Å². The van der Waals surface area contributed by atoms with Crippen LogP contribution in [0.5, 0.6) is 0 Å². The number of hydrogen-bond donors (Lipinski definition) is 1. The highest BCUT2D eigenvalue weighted by atomic mass is 16.6. The van der Waals surface area contributed by atoms with E-state index in [0.29, 0.717) is 42.5 Å². The van der Waals surface area contributed by atoms with Crippen molar-refractivity contribution >= 4 is 17.2 Å². The largest absolute Gasteiger partial charge is 0.379 e. The van der Waals surface area contributed by atoms with E-state index in [1.165, 1.54) is 6.07 Å². The molecule has 7 nitrogen and oxygen atoms in total. The van der Waals surface area contributed by atoms with Crippen LogP contribution < -0.4 is 5.32 Å². The quantitative estimate of drug-likeness (QED) is 0.382. The number of nitrogens with one attached hydrogen (secondary N) is 1. The Balaban J connectivity index is 1.77. The molecular formula is C23H29N3O4. The molecule has 2 aromatic rings. The van der Waals surface area contributed by atoms with E-state index in [9.17, 15) is 14.9 Å². The molecule has 1 unspecified atom stereocenters. The molecule has 0 radical (unpaired) electrons. The van der Waals surface area contributed by atoms with Gasteiger partial charge >= 0.3 is 0 Å². The van der Waals surface area contributed by atoms with E-state index in [1.54, 1.807) is 36.4 Å². The van der Waals surface area contributed by atoms with Crippen LogP contribution in [0.3, 0.4) is 0 Å². The summed E-state index contributed by atoms with van der Waals surface area (Å²) in [4.78, 5) is 26.3. The monoisotopic (exact) mass is 411 g/mol. The molecule has 1 atom stereocenters. The normalized spacial score (nSPS) is 15.7. The van der Waals surface area contributed by atoms with Crippen LogP contribution in [0.25, 0.3) is 0 Å². The summed E-state index contributed by atoms with van der Waals surface area (Å²) < 4.78 is 5.46. The summed E-state index contributed by atoms with van der Waals surface area (Å²) in [7, 11) is 0. The van der Waals surface area contributed by atoms with Crippen LogP contribution in [-0.4, -0.2) is 54.5 Å². The Kier molecular flexibility index (Phi) is 7.54. The highest BCUT2D eigenvalue weighted by Crippen LogP contribution is 2.27. The van der Waals surface area contributed by atoms with Crippen molar-refractivity contribution < 1.29 is 14.5 Å². The van der Waals surface area contributed by atoms with Crippen molar-refractivity contribution in [2.75, 3.05) is 38.2 Å². The van der Waals surface area contributed by atoms with Crippen molar-refractivity contribution in [2.24, 2.45) is 5.92 Å². The van der Waals surface area contributed by atoms with Gasteiger partial charge in [0.25, 0.3) is 5.69 Å². The van der Waals surface area contributed by atoms with Gasteiger partial charge in [-0.15, -0.1) is 0 Å². The van der Waals surface area contributed by atoms with Crippen LogP contribution in [0.2, 0.25) is 0 Å². The smallest absolute Gasteiger partial charge is 0.293 e. The van der Waals surface area contributed by atoms with E-state index >= 15 is 0 Å². The number of nitro groups is 1. The Hall–Kier alpha value is -2.77. The second kappa shape index (κ2) is 10.3. The third kappa shape index (κ3) is 5.64. The second-order valence-corrected chi connectivity index (χ2v) is 8.00. The molecule has 1 aliphatic rings. The summed E-state index contributed by atoms with van der Waals surface area (Å²) in [5, 5.41) is 15.0. The number of hydrogen-bond acceptors (Lipinski definition) is 6. The molecule has 1 aliphatic heterocycles. The highest BCUT2D eigenvalue weighted by Gasteiger charge is 2.24. The van der Waals surface area contributed by atoms with Crippen molar-refractivity contribution in [3.8, 4) is 0 Å². The number of benzene rings is 2. The lowest BCUT2D eigenvalue weighted by molar-refractivity contribution is -0.384. The molecule has 0 spiro atoms. The Morgan fingerprint density at radius 3 is 2.47 bits per heavy atom. The molecule has 1 fully saturated rings. The fourth-order valence-electron chi connectivity index (χ4n) is 3.81. The van der Waals surface area contributed by atoms with E-state index in [2.05, 4.69) is 24.1 Å². The number of morpholine rings is 1. The molecule has 3 rings (SSSR count). The number of anilines is 1. The molecule has 0 amide bonds. The number of ether oxygens (including phenoxy) is 1. The van der Waals surface area contributed by atoms with Gasteiger partial charge in [0, 0.05) is 42.9 Å². The molecule has 7 heteroatoms. The van der Waals surface area contributed by atoms with Crippen LogP contribution in [0.15, 0.2) is 48.5 Å². The molecule has 160 valence electrons. The Bertz CT molecular complexity index is 864. The SMILES string of the molecule is CC(C)CC(CNc1ccc(C(=O)c2ccccc2)cc1[N+](=O)[O-])N1CCOCC1. The van der Waals surface area contributed by atoms with Gasteiger partial charge in [-0.1, -0.05) is 44.2 Å². The molecule has 1 heterocycles.